The van der Waals surface area contributed by atoms with E-state index in [-0.39, 0.29) is 11.9 Å². The predicted molar refractivity (Wildman–Crippen MR) is 48.6 cm³/mol. The zero-order chi connectivity index (χ0) is 9.30. The van der Waals surface area contributed by atoms with Crippen LogP contribution in [0.15, 0.2) is 11.3 Å². The third-order valence-corrected chi connectivity index (χ3v) is 2.48. The summed E-state index contributed by atoms with van der Waals surface area (Å²) in [7, 11) is 1.96. The smallest absolute Gasteiger partial charge is 0.241 e. The number of carbonyl (C=O) groups is 1. The number of hydrogen-bond acceptors (Lipinski definition) is 2. The molecule has 1 N–H and O–H groups in total. The zero-order valence-corrected chi connectivity index (χ0v) is 8.14. The Labute approximate surface area is 73.4 Å². The van der Waals surface area contributed by atoms with Crippen LogP contribution in [-0.4, -0.2) is 30.4 Å². The van der Waals surface area contributed by atoms with Crippen molar-refractivity contribution in [3.63, 3.8) is 0 Å². The van der Waals surface area contributed by atoms with Crippen LogP contribution >= 0.6 is 0 Å². The van der Waals surface area contributed by atoms with Gasteiger partial charge >= 0.3 is 0 Å². The maximum Gasteiger partial charge on any atom is 0.241 e. The van der Waals surface area contributed by atoms with E-state index in [4.69, 9.17) is 0 Å². The minimum atomic E-state index is -0.0302. The first-order chi connectivity index (χ1) is 5.52. The van der Waals surface area contributed by atoms with Crippen molar-refractivity contribution in [2.75, 3.05) is 13.6 Å². The molecule has 0 aromatic heterocycles. The Morgan fingerprint density at radius 2 is 2.08 bits per heavy atom. The fourth-order valence-electron chi connectivity index (χ4n) is 1.23. The molecule has 68 valence electrons. The molecule has 1 rings (SSSR count). The molecule has 1 amide bonds. The first-order valence-corrected chi connectivity index (χ1v) is 4.20. The van der Waals surface area contributed by atoms with Gasteiger partial charge in [0.2, 0.25) is 5.91 Å². The Kier molecular flexibility index (Phi) is 2.52. The Hall–Kier alpha value is -0.830. The van der Waals surface area contributed by atoms with Crippen molar-refractivity contribution in [1.29, 1.82) is 0 Å². The number of nitrogens with one attached hydrogen (secondary N) is 1. The van der Waals surface area contributed by atoms with Crippen LogP contribution in [0.5, 0.6) is 0 Å². The third-order valence-electron chi connectivity index (χ3n) is 2.48. The number of rotatable bonds is 0. The highest BCUT2D eigenvalue weighted by Crippen LogP contribution is 2.09. The van der Waals surface area contributed by atoms with Gasteiger partial charge in [0.1, 0.15) is 0 Å². The number of nitrogens with zero attached hydrogens (tertiary/aromatic N) is 1. The Bertz CT molecular complexity index is 233. The first kappa shape index (κ1) is 9.26. The fourth-order valence-corrected chi connectivity index (χ4v) is 1.23. The molecule has 0 aromatic carbocycles. The lowest BCUT2D eigenvalue weighted by atomic mass is 10.2. The molecular formula is C9H16N2O. The van der Waals surface area contributed by atoms with Gasteiger partial charge in [0.05, 0.1) is 6.04 Å². The number of carbonyl (C=O) groups excluding carboxylic acids is 1. The number of likely N-dealkylation sites (N-methyl/N-ethyl adjacent to an activating group) is 1. The predicted octanol–water partition coefficient (Wildman–Crippen LogP) is 0.730. The van der Waals surface area contributed by atoms with E-state index >= 15 is 0 Å². The summed E-state index contributed by atoms with van der Waals surface area (Å²) < 4.78 is 0. The van der Waals surface area contributed by atoms with Gasteiger partial charge in [-0.2, -0.15) is 0 Å². The molecule has 0 bridgehead atoms. The van der Waals surface area contributed by atoms with Gasteiger partial charge in [0, 0.05) is 12.2 Å². The molecule has 0 aliphatic carbocycles. The van der Waals surface area contributed by atoms with E-state index in [9.17, 15) is 4.79 Å². The summed E-state index contributed by atoms with van der Waals surface area (Å²) in [6.07, 6.45) is 0. The van der Waals surface area contributed by atoms with Crippen LogP contribution in [-0.2, 0) is 4.79 Å². The van der Waals surface area contributed by atoms with E-state index in [2.05, 4.69) is 5.32 Å². The van der Waals surface area contributed by atoms with Crippen LogP contribution in [0.1, 0.15) is 20.8 Å². The number of hydrogen-bond donors (Lipinski definition) is 1. The van der Waals surface area contributed by atoms with E-state index in [0.29, 0.717) is 0 Å². The molecule has 12 heavy (non-hydrogen) atoms. The van der Waals surface area contributed by atoms with Gasteiger partial charge in [-0.1, -0.05) is 0 Å². The second kappa shape index (κ2) is 3.27. The largest absolute Gasteiger partial charge is 0.329 e. The van der Waals surface area contributed by atoms with Gasteiger partial charge in [-0.25, -0.2) is 0 Å². The van der Waals surface area contributed by atoms with Crippen molar-refractivity contribution in [1.82, 2.24) is 10.2 Å². The summed E-state index contributed by atoms with van der Waals surface area (Å²) in [6, 6.07) is -0.0302. The summed E-state index contributed by atoms with van der Waals surface area (Å²) in [5.41, 5.74) is 2.23. The lowest BCUT2D eigenvalue weighted by Crippen LogP contribution is -2.40. The Balaban J connectivity index is 2.86. The normalized spacial score (nSPS) is 27.0. The summed E-state index contributed by atoms with van der Waals surface area (Å²) in [4.78, 5) is 13.4. The van der Waals surface area contributed by atoms with Gasteiger partial charge in [0.25, 0.3) is 0 Å². The van der Waals surface area contributed by atoms with Crippen molar-refractivity contribution in [2.24, 2.45) is 0 Å². The van der Waals surface area contributed by atoms with Crippen LogP contribution in [0.4, 0.5) is 0 Å². The van der Waals surface area contributed by atoms with Gasteiger partial charge in [-0.3, -0.25) is 9.69 Å². The summed E-state index contributed by atoms with van der Waals surface area (Å²) >= 11 is 0. The van der Waals surface area contributed by atoms with E-state index in [1.807, 2.05) is 32.7 Å². The molecule has 0 aromatic rings. The van der Waals surface area contributed by atoms with Crippen molar-refractivity contribution in [2.45, 2.75) is 26.8 Å². The summed E-state index contributed by atoms with van der Waals surface area (Å²) in [5.74, 6) is 0.0897. The molecule has 0 fully saturated rings. The van der Waals surface area contributed by atoms with Gasteiger partial charge in [0.15, 0.2) is 0 Å². The molecule has 1 aliphatic rings. The standard InChI is InChI=1S/C9H16N2O/c1-6-5-11(4)8(3)9(12)10-7(6)2/h8H,5H2,1-4H3,(H,10,12)/t8-/m0/s1. The first-order valence-electron chi connectivity index (χ1n) is 4.20. The molecule has 1 heterocycles. The van der Waals surface area contributed by atoms with E-state index in [1.54, 1.807) is 0 Å². The fraction of sp³-hybridized carbons (Fsp3) is 0.667. The molecule has 1 aliphatic heterocycles. The number of amides is 1. The zero-order valence-electron chi connectivity index (χ0n) is 8.14. The monoisotopic (exact) mass is 168 g/mol. The second-order valence-corrected chi connectivity index (χ2v) is 3.49. The minimum absolute atomic E-state index is 0.0302. The lowest BCUT2D eigenvalue weighted by molar-refractivity contribution is -0.124. The highest BCUT2D eigenvalue weighted by molar-refractivity contribution is 5.83. The molecule has 0 radical (unpaired) electrons. The van der Waals surface area contributed by atoms with E-state index < -0.39 is 0 Å². The van der Waals surface area contributed by atoms with Crippen molar-refractivity contribution >= 4 is 5.91 Å². The molecule has 3 heteroatoms. The molecule has 3 nitrogen and oxygen atoms in total. The maximum atomic E-state index is 11.4. The summed E-state index contributed by atoms with van der Waals surface area (Å²) in [6.45, 7) is 6.77. The molecule has 0 saturated heterocycles. The SMILES string of the molecule is CC1=C(C)NC(=O)[C@H](C)N(C)C1. The lowest BCUT2D eigenvalue weighted by Gasteiger charge is -2.19. The van der Waals surface area contributed by atoms with Crippen LogP contribution < -0.4 is 5.32 Å². The van der Waals surface area contributed by atoms with Crippen LogP contribution in [0.2, 0.25) is 0 Å². The molecule has 0 unspecified atom stereocenters. The Morgan fingerprint density at radius 1 is 1.50 bits per heavy atom. The highest BCUT2D eigenvalue weighted by atomic mass is 16.2. The average Bonchev–Trinajstić information content (AvgIpc) is 2.07. The van der Waals surface area contributed by atoms with Crippen LogP contribution in [0.25, 0.3) is 0 Å². The van der Waals surface area contributed by atoms with E-state index in [1.165, 1.54) is 5.57 Å². The average molecular weight is 168 g/mol. The van der Waals surface area contributed by atoms with Crippen LogP contribution in [0, 0.1) is 0 Å². The van der Waals surface area contributed by atoms with Crippen molar-refractivity contribution in [3.05, 3.63) is 11.3 Å². The van der Waals surface area contributed by atoms with Gasteiger partial charge < -0.3 is 5.32 Å². The maximum absolute atomic E-state index is 11.4. The van der Waals surface area contributed by atoms with Gasteiger partial charge in [-0.15, -0.1) is 0 Å². The summed E-state index contributed by atoms with van der Waals surface area (Å²) in [5, 5.41) is 2.87. The second-order valence-electron chi connectivity index (χ2n) is 3.49. The minimum Gasteiger partial charge on any atom is -0.329 e. The Morgan fingerprint density at radius 3 is 2.67 bits per heavy atom. The highest BCUT2D eigenvalue weighted by Gasteiger charge is 2.21. The van der Waals surface area contributed by atoms with Crippen molar-refractivity contribution < 1.29 is 4.79 Å². The molecule has 0 saturated carbocycles. The third kappa shape index (κ3) is 1.67. The number of allylic oxidation sites excluding steroid dienone is 1. The van der Waals surface area contributed by atoms with Gasteiger partial charge in [-0.05, 0) is 33.4 Å². The molecular weight excluding hydrogens is 152 g/mol. The molecule has 0 spiro atoms. The molecule has 1 atom stereocenters. The van der Waals surface area contributed by atoms with E-state index in [0.717, 1.165) is 12.2 Å². The van der Waals surface area contributed by atoms with Crippen LogP contribution in [0.3, 0.4) is 0 Å². The quantitative estimate of drug-likeness (QED) is 0.578. The topological polar surface area (TPSA) is 32.3 Å². The van der Waals surface area contributed by atoms with Crippen molar-refractivity contribution in [3.8, 4) is 0 Å².